The molecule has 0 heterocycles. The second-order valence-corrected chi connectivity index (χ2v) is 7.31. The van der Waals surface area contributed by atoms with Gasteiger partial charge in [-0.1, -0.05) is 0 Å². The lowest BCUT2D eigenvalue weighted by Crippen LogP contribution is -2.13. The second kappa shape index (κ2) is 3.66. The van der Waals surface area contributed by atoms with Crippen LogP contribution in [0.5, 0.6) is 0 Å². The lowest BCUT2D eigenvalue weighted by atomic mass is 13.6. The minimum atomic E-state index is -4.39. The van der Waals surface area contributed by atoms with Gasteiger partial charge in [-0.2, -0.15) is 37.2 Å². The highest BCUT2D eigenvalue weighted by Gasteiger charge is 2.24. The van der Waals surface area contributed by atoms with Gasteiger partial charge in [0, 0.05) is 0 Å². The summed E-state index contributed by atoms with van der Waals surface area (Å²) in [5, 5.41) is 0. The standard InChI is InChI=1S/H4N2O6S3/c1-7-10(3,4)9-11(5,6)8-2/h1-2H2. The van der Waals surface area contributed by atoms with Crippen LogP contribution in [0, 0.1) is 0 Å². The molecule has 0 atom stereocenters. The zero-order valence-electron chi connectivity index (χ0n) is 4.83. The van der Waals surface area contributed by atoms with Crippen molar-refractivity contribution in [2.75, 3.05) is 0 Å². The van der Waals surface area contributed by atoms with Gasteiger partial charge < -0.3 is 0 Å². The summed E-state index contributed by atoms with van der Waals surface area (Å²) in [7, 11) is -9.42. The molecule has 11 heavy (non-hydrogen) atoms. The normalized spacial score (nSPS) is 13.3. The fourth-order valence-electron chi connectivity index (χ4n) is 0.134. The molecule has 0 spiro atoms. The van der Waals surface area contributed by atoms with Crippen molar-refractivity contribution in [3.05, 3.63) is 0 Å². The summed E-state index contributed by atoms with van der Waals surface area (Å²) in [5.74, 6) is 8.40. The number of rotatable bonds is 4. The quantitative estimate of drug-likeness (QED) is 0.409. The first kappa shape index (κ1) is 11.1. The van der Waals surface area contributed by atoms with Crippen molar-refractivity contribution in [2.24, 2.45) is 11.8 Å². The first-order valence-electron chi connectivity index (χ1n) is 1.80. The van der Waals surface area contributed by atoms with E-state index < -0.39 is 28.1 Å². The van der Waals surface area contributed by atoms with Crippen molar-refractivity contribution >= 4 is 28.1 Å². The molecular formula is H4N2O6S3. The van der Waals surface area contributed by atoms with Gasteiger partial charge in [0.1, 0.15) is 0 Å². The molecule has 0 aliphatic rings. The summed E-state index contributed by atoms with van der Waals surface area (Å²) in [5.41, 5.74) is 0. The Morgan fingerprint density at radius 3 is 1.36 bits per heavy atom. The molecule has 0 unspecified atom stereocenters. The van der Waals surface area contributed by atoms with Crippen molar-refractivity contribution < 1.29 is 25.4 Å². The van der Waals surface area contributed by atoms with Gasteiger partial charge in [0.2, 0.25) is 0 Å². The average molecular weight is 224 g/mol. The van der Waals surface area contributed by atoms with Gasteiger partial charge in [0.05, 0.1) is 0 Å². The number of hydrogen-bond donors (Lipinski definition) is 2. The van der Waals surface area contributed by atoms with E-state index in [1.807, 2.05) is 0 Å². The molecule has 0 bridgehead atoms. The third-order valence-corrected chi connectivity index (χ3v) is 5.68. The Hall–Kier alpha value is 0.0900. The van der Waals surface area contributed by atoms with Crippen molar-refractivity contribution in [1.82, 2.24) is 0 Å². The molecule has 0 saturated carbocycles. The van der Waals surface area contributed by atoms with Crippen LogP contribution in [0.3, 0.4) is 0 Å². The van der Waals surface area contributed by atoms with Gasteiger partial charge in [-0.15, -0.1) is 0 Å². The van der Waals surface area contributed by atoms with E-state index >= 15 is 0 Å². The summed E-state index contributed by atoms with van der Waals surface area (Å²) >= 11 is 0. The van der Waals surface area contributed by atoms with Gasteiger partial charge in [-0.05, 0) is 0 Å². The molecular weight excluding hydrogens is 220 g/mol. The third-order valence-electron chi connectivity index (χ3n) is 0.402. The van der Waals surface area contributed by atoms with Crippen molar-refractivity contribution in [2.45, 2.75) is 0 Å². The van der Waals surface area contributed by atoms with Gasteiger partial charge in [-0.25, -0.2) is 0 Å². The van der Waals surface area contributed by atoms with E-state index in [4.69, 9.17) is 0 Å². The van der Waals surface area contributed by atoms with Crippen molar-refractivity contribution in [1.29, 1.82) is 0 Å². The lowest BCUT2D eigenvalue weighted by molar-refractivity contribution is 0.342. The minimum Gasteiger partial charge on any atom is -0.197 e. The average Bonchev–Trinajstić information content (AvgIpc) is 1.86. The largest absolute Gasteiger partial charge is 0.355 e. The molecule has 0 aromatic heterocycles. The number of nitrogens with two attached hydrogens (primary N) is 2. The predicted molar refractivity (Wildman–Crippen MR) is 36.0 cm³/mol. The number of hydrogen-bond acceptors (Lipinski definition) is 9. The molecule has 0 saturated heterocycles. The SMILES string of the molecule is NOS(=O)(=O)SS(=O)(=O)ON. The first-order chi connectivity index (χ1) is 4.83. The third kappa shape index (κ3) is 4.52. The van der Waals surface area contributed by atoms with E-state index in [2.05, 4.69) is 20.4 Å². The molecule has 0 aromatic rings. The van der Waals surface area contributed by atoms with E-state index in [0.717, 1.165) is 0 Å². The highest BCUT2D eigenvalue weighted by atomic mass is 33.5. The minimum absolute atomic E-state index is 0.646. The zero-order chi connectivity index (χ0) is 9.12. The van der Waals surface area contributed by atoms with Gasteiger partial charge in [0.15, 0.2) is 9.83 Å². The first-order valence-corrected chi connectivity index (χ1v) is 6.47. The molecule has 0 aliphatic heterocycles. The van der Waals surface area contributed by atoms with E-state index in [1.165, 1.54) is 0 Å². The molecule has 0 radical (unpaired) electrons. The molecule has 8 nitrogen and oxygen atoms in total. The second-order valence-electron chi connectivity index (χ2n) is 1.08. The maximum atomic E-state index is 10.3. The molecule has 0 aliphatic carbocycles. The smallest absolute Gasteiger partial charge is 0.197 e. The molecule has 0 amide bonds. The van der Waals surface area contributed by atoms with E-state index in [0.29, 0.717) is 0 Å². The molecule has 11 heteroatoms. The summed E-state index contributed by atoms with van der Waals surface area (Å²) in [6.07, 6.45) is 0. The molecule has 0 aromatic carbocycles. The Bertz CT molecular complexity index is 265. The van der Waals surface area contributed by atoms with E-state index in [1.54, 1.807) is 0 Å². The Morgan fingerprint density at radius 1 is 0.909 bits per heavy atom. The van der Waals surface area contributed by atoms with Crippen LogP contribution in [0.15, 0.2) is 0 Å². The summed E-state index contributed by atoms with van der Waals surface area (Å²) in [6.45, 7) is 0. The highest BCUT2D eigenvalue weighted by Crippen LogP contribution is 2.20. The summed E-state index contributed by atoms with van der Waals surface area (Å²) in [6, 6.07) is 0. The predicted octanol–water partition coefficient (Wildman–Crippen LogP) is -2.01. The zero-order valence-corrected chi connectivity index (χ0v) is 7.28. The Morgan fingerprint density at radius 2 is 1.18 bits per heavy atom. The fraction of sp³-hybridized carbons (Fsp3) is 0. The van der Waals surface area contributed by atoms with E-state index in [9.17, 15) is 16.8 Å². The van der Waals surface area contributed by atoms with E-state index in [-0.39, 0.29) is 0 Å². The van der Waals surface area contributed by atoms with Crippen LogP contribution in [0.1, 0.15) is 0 Å². The van der Waals surface area contributed by atoms with Crippen molar-refractivity contribution in [3.8, 4) is 0 Å². The molecule has 0 fully saturated rings. The van der Waals surface area contributed by atoms with Crippen LogP contribution in [-0.4, -0.2) is 16.8 Å². The van der Waals surface area contributed by atoms with Crippen LogP contribution in [-0.2, 0) is 26.9 Å². The summed E-state index contributed by atoms with van der Waals surface area (Å²) < 4.78 is 47.7. The lowest BCUT2D eigenvalue weighted by Gasteiger charge is -1.96. The van der Waals surface area contributed by atoms with Crippen LogP contribution < -0.4 is 11.8 Å². The Balaban J connectivity index is 4.54. The molecule has 0 rings (SSSR count). The van der Waals surface area contributed by atoms with Crippen LogP contribution in [0.25, 0.3) is 0 Å². The van der Waals surface area contributed by atoms with Gasteiger partial charge >= 0.3 is 18.3 Å². The Kier molecular flexibility index (Phi) is 3.69. The monoisotopic (exact) mass is 224 g/mol. The Labute approximate surface area is 65.8 Å². The van der Waals surface area contributed by atoms with Gasteiger partial charge in [0.25, 0.3) is 0 Å². The fourth-order valence-corrected chi connectivity index (χ4v) is 3.62. The maximum Gasteiger partial charge on any atom is 0.355 e. The van der Waals surface area contributed by atoms with Crippen LogP contribution >= 0.6 is 9.83 Å². The summed E-state index contributed by atoms with van der Waals surface area (Å²) in [4.78, 5) is 0. The highest BCUT2D eigenvalue weighted by molar-refractivity contribution is 9.02. The van der Waals surface area contributed by atoms with Crippen LogP contribution in [0.2, 0.25) is 0 Å². The van der Waals surface area contributed by atoms with Crippen molar-refractivity contribution in [3.63, 3.8) is 0 Å². The maximum absolute atomic E-state index is 10.3. The van der Waals surface area contributed by atoms with Gasteiger partial charge in [-0.3, -0.25) is 0 Å². The van der Waals surface area contributed by atoms with Crippen LogP contribution in [0.4, 0.5) is 0 Å². The molecule has 4 N–H and O–H groups in total. The molecule has 68 valence electrons. The topological polar surface area (TPSA) is 139 Å².